The first-order chi connectivity index (χ1) is 29.4. The van der Waals surface area contributed by atoms with E-state index in [2.05, 4.69) is 11.9 Å². The number of esters is 1. The summed E-state index contributed by atoms with van der Waals surface area (Å²) in [5, 5.41) is 5.57. The third-order valence-electron chi connectivity index (χ3n) is 12.1. The molecule has 6 rings (SSSR count). The molecule has 3 heterocycles. The van der Waals surface area contributed by atoms with Gasteiger partial charge in [0, 0.05) is 48.4 Å². The number of thiazole rings is 1. The van der Waals surface area contributed by atoms with Crippen molar-refractivity contribution in [1.82, 2.24) is 14.9 Å². The number of rotatable bonds is 19. The molecule has 2 aliphatic carbocycles. The van der Waals surface area contributed by atoms with Gasteiger partial charge in [-0.3, -0.25) is 23.5 Å². The summed E-state index contributed by atoms with van der Waals surface area (Å²) in [7, 11) is -2.06. The molecule has 3 aliphatic rings. The van der Waals surface area contributed by atoms with Crippen LogP contribution in [0.4, 0.5) is 9.93 Å². The molecule has 0 radical (unpaired) electrons. The summed E-state index contributed by atoms with van der Waals surface area (Å²) in [4.78, 5) is 66.3. The van der Waals surface area contributed by atoms with Gasteiger partial charge in [-0.25, -0.2) is 14.8 Å². The standard InChI is InChI=1S/C45H61N4O11PS/c1-10-28-22-45(28,61(9,54)58-26-57-43(53)56-11-2)23-38(50)37-19-31(24-49(37)41(52)33(44(5,6)7)20-40(51)60-29-14-12-13-15-29)59-39-21-35(36-25-62-42(48-36)46-27(3)4)47-34-18-30(55-8)16-17-32(34)39/h10,16-18,21,25,27-29,31,33,37H,1,11-15,19-20,22-24,26H2,2-9H3,(H,46,48)/t28-,31?,33-,37+,45-,61?/m1/s1. The Kier molecular flexibility index (Phi) is 14.7. The van der Waals surface area contributed by atoms with E-state index < -0.39 is 54.9 Å². The van der Waals surface area contributed by atoms with Crippen molar-refractivity contribution in [2.45, 2.75) is 122 Å². The van der Waals surface area contributed by atoms with Crippen LogP contribution in [0.5, 0.6) is 11.5 Å². The van der Waals surface area contributed by atoms with E-state index in [-0.39, 0.29) is 62.2 Å². The molecular weight excluding hydrogens is 836 g/mol. The highest BCUT2D eigenvalue weighted by Gasteiger charge is 2.65. The SMILES string of the molecule is C=C[C@@H]1C[C@]1(CC(=O)[C@@H]1CC(Oc2cc(-c3csc(NC(C)C)n3)nc3cc(OC)ccc23)CN1C(=O)[C@@H](CC(=O)OC1CCCC1)C(C)(C)C)P(C)(=O)OCOC(=O)OCC. The van der Waals surface area contributed by atoms with E-state index in [9.17, 15) is 23.7 Å². The van der Waals surface area contributed by atoms with Crippen molar-refractivity contribution in [3.05, 3.63) is 42.3 Å². The predicted octanol–water partition coefficient (Wildman–Crippen LogP) is 9.03. The number of benzene rings is 1. The lowest BCUT2D eigenvalue weighted by atomic mass is 9.77. The molecule has 1 aromatic carbocycles. The van der Waals surface area contributed by atoms with Crippen molar-refractivity contribution < 1.29 is 52.0 Å². The number of carbonyl (C=O) groups excluding carboxylic acids is 4. The van der Waals surface area contributed by atoms with Crippen molar-refractivity contribution in [2.24, 2.45) is 17.3 Å². The van der Waals surface area contributed by atoms with E-state index in [0.29, 0.717) is 40.2 Å². The second-order valence-electron chi connectivity index (χ2n) is 17.9. The van der Waals surface area contributed by atoms with Gasteiger partial charge in [-0.2, -0.15) is 0 Å². The van der Waals surface area contributed by atoms with Crippen LogP contribution in [0.3, 0.4) is 0 Å². The molecule has 62 heavy (non-hydrogen) atoms. The van der Waals surface area contributed by atoms with Gasteiger partial charge in [-0.05, 0) is 76.3 Å². The Morgan fingerprint density at radius 3 is 2.47 bits per heavy atom. The molecule has 0 bridgehead atoms. The summed E-state index contributed by atoms with van der Waals surface area (Å²) in [6, 6.07) is 6.50. The van der Waals surface area contributed by atoms with E-state index in [0.717, 1.165) is 30.8 Å². The van der Waals surface area contributed by atoms with Gasteiger partial charge in [0.2, 0.25) is 20.1 Å². The van der Waals surface area contributed by atoms with Gasteiger partial charge in [-0.15, -0.1) is 17.9 Å². The first-order valence-electron chi connectivity index (χ1n) is 21.4. The van der Waals surface area contributed by atoms with Crippen LogP contribution < -0.4 is 14.8 Å². The highest BCUT2D eigenvalue weighted by Crippen LogP contribution is 2.73. The van der Waals surface area contributed by atoms with Crippen molar-refractivity contribution >= 4 is 58.6 Å². The number of aromatic nitrogens is 2. The molecule has 338 valence electrons. The van der Waals surface area contributed by atoms with Gasteiger partial charge in [0.25, 0.3) is 0 Å². The Hall–Kier alpha value is -4.53. The Labute approximate surface area is 368 Å². The molecular formula is C45H61N4O11PS. The third-order valence-corrected chi connectivity index (χ3v) is 15.8. The zero-order valence-corrected chi connectivity index (χ0v) is 38.8. The summed E-state index contributed by atoms with van der Waals surface area (Å²) in [5.41, 5.74) is 1.14. The molecule has 3 fully saturated rings. The average Bonchev–Trinajstić information content (AvgIpc) is 3.61. The Balaban J connectivity index is 1.32. The lowest BCUT2D eigenvalue weighted by molar-refractivity contribution is -0.156. The number of pyridine rings is 1. The Morgan fingerprint density at radius 1 is 1.08 bits per heavy atom. The maximum Gasteiger partial charge on any atom is 0.510 e. The maximum absolute atomic E-state index is 15.0. The monoisotopic (exact) mass is 896 g/mol. The zero-order valence-electron chi connectivity index (χ0n) is 37.1. The van der Waals surface area contributed by atoms with Crippen LogP contribution in [-0.2, 0) is 37.7 Å². The minimum Gasteiger partial charge on any atom is -0.497 e. The number of hydrogen-bond donors (Lipinski definition) is 1. The molecule has 17 heteroatoms. The van der Waals surface area contributed by atoms with Gasteiger partial charge in [-0.1, -0.05) is 26.8 Å². The van der Waals surface area contributed by atoms with Gasteiger partial charge < -0.3 is 33.9 Å². The number of nitrogens with one attached hydrogen (secondary N) is 1. The van der Waals surface area contributed by atoms with Crippen LogP contribution >= 0.6 is 18.7 Å². The Bertz CT molecular complexity index is 2180. The van der Waals surface area contributed by atoms with Crippen LogP contribution in [0, 0.1) is 17.3 Å². The first-order valence-corrected chi connectivity index (χ1v) is 24.4. The number of hydrogen-bond acceptors (Lipinski definition) is 15. The number of Topliss-reactive ketones (excluding diaryl/α,β-unsaturated/α-hetero) is 1. The molecule has 1 amide bonds. The fourth-order valence-electron chi connectivity index (χ4n) is 8.54. The summed E-state index contributed by atoms with van der Waals surface area (Å²) in [6.07, 6.45) is 3.56. The minimum absolute atomic E-state index is 0.0412. The van der Waals surface area contributed by atoms with E-state index in [4.69, 9.17) is 38.2 Å². The third kappa shape index (κ3) is 10.8. The van der Waals surface area contributed by atoms with E-state index in [1.807, 2.05) is 64.3 Å². The lowest BCUT2D eigenvalue weighted by Crippen LogP contribution is -2.48. The number of likely N-dealkylation sites (tertiary alicyclic amines) is 1. The van der Waals surface area contributed by atoms with Crippen LogP contribution in [-0.4, -0.2) is 102 Å². The number of allylic oxidation sites excluding steroid dienone is 1. The van der Waals surface area contributed by atoms with Gasteiger partial charge >= 0.3 is 12.1 Å². The predicted molar refractivity (Wildman–Crippen MR) is 237 cm³/mol. The van der Waals surface area contributed by atoms with Gasteiger partial charge in [0.15, 0.2) is 10.9 Å². The molecule has 2 saturated carbocycles. The maximum atomic E-state index is 15.0. The molecule has 2 aromatic heterocycles. The smallest absolute Gasteiger partial charge is 0.497 e. The van der Waals surface area contributed by atoms with Crippen molar-refractivity contribution in [3.63, 3.8) is 0 Å². The number of methoxy groups -OCH3 is 1. The topological polar surface area (TPSA) is 182 Å². The van der Waals surface area contributed by atoms with Crippen LogP contribution in [0.15, 0.2) is 42.3 Å². The fraction of sp³-hybridized carbons (Fsp3) is 0.600. The lowest BCUT2D eigenvalue weighted by Gasteiger charge is -2.35. The molecule has 1 saturated heterocycles. The summed E-state index contributed by atoms with van der Waals surface area (Å²) in [5.74, 6) is -1.20. The second-order valence-corrected chi connectivity index (χ2v) is 21.6. The normalized spacial score (nSPS) is 22.8. The quantitative estimate of drug-likeness (QED) is 0.0521. The Morgan fingerprint density at radius 2 is 1.82 bits per heavy atom. The summed E-state index contributed by atoms with van der Waals surface area (Å²) in [6.45, 7) is 16.3. The molecule has 2 unspecified atom stereocenters. The number of ether oxygens (including phenoxy) is 5. The number of ketones is 1. The molecule has 15 nitrogen and oxygen atoms in total. The highest BCUT2D eigenvalue weighted by atomic mass is 32.1. The number of fused-ring (bicyclic) bond motifs is 1. The molecule has 6 atom stereocenters. The van der Waals surface area contributed by atoms with Gasteiger partial charge in [0.1, 0.15) is 29.4 Å². The van der Waals surface area contributed by atoms with Crippen LogP contribution in [0.1, 0.15) is 92.9 Å². The summed E-state index contributed by atoms with van der Waals surface area (Å²) >= 11 is 1.46. The number of carbonyl (C=O) groups is 4. The molecule has 1 N–H and O–H groups in total. The van der Waals surface area contributed by atoms with Crippen LogP contribution in [0.2, 0.25) is 0 Å². The van der Waals surface area contributed by atoms with Crippen molar-refractivity contribution in [1.29, 1.82) is 0 Å². The summed E-state index contributed by atoms with van der Waals surface area (Å²) < 4.78 is 48.0. The first kappa shape index (κ1) is 47.0. The molecule has 0 spiro atoms. The van der Waals surface area contributed by atoms with E-state index in [1.165, 1.54) is 22.9 Å². The molecule has 3 aromatic rings. The minimum atomic E-state index is -3.64. The van der Waals surface area contributed by atoms with Crippen LogP contribution in [0.25, 0.3) is 22.3 Å². The van der Waals surface area contributed by atoms with E-state index in [1.54, 1.807) is 20.1 Å². The van der Waals surface area contributed by atoms with Crippen molar-refractivity contribution in [3.8, 4) is 22.9 Å². The van der Waals surface area contributed by atoms with Crippen molar-refractivity contribution in [2.75, 3.05) is 39.0 Å². The number of anilines is 1. The average molecular weight is 897 g/mol. The van der Waals surface area contributed by atoms with E-state index >= 15 is 0 Å². The zero-order chi connectivity index (χ0) is 45.0. The highest BCUT2D eigenvalue weighted by molar-refractivity contribution is 7.60. The number of amides is 1. The largest absolute Gasteiger partial charge is 0.510 e. The van der Waals surface area contributed by atoms with Gasteiger partial charge in [0.05, 0.1) is 55.0 Å². The second kappa shape index (κ2) is 19.5. The molecule has 1 aliphatic heterocycles. The number of nitrogens with zero attached hydrogens (tertiary/aromatic N) is 3. The fourth-order valence-corrected chi connectivity index (χ4v) is 11.6.